The standard InChI is InChI=1S/C13H26N2/c1-11-3-2-10-15(11)13-6-4-12(5-7-13)8-9-14/h11-13H,2-10,14H2,1H3. The van der Waals surface area contributed by atoms with Crippen molar-refractivity contribution in [3.8, 4) is 0 Å². The predicted molar refractivity (Wildman–Crippen MR) is 64.8 cm³/mol. The van der Waals surface area contributed by atoms with E-state index in [1.54, 1.807) is 0 Å². The lowest BCUT2D eigenvalue weighted by Gasteiger charge is -2.37. The predicted octanol–water partition coefficient (Wildman–Crippen LogP) is 2.38. The molecule has 1 atom stereocenters. The highest BCUT2D eigenvalue weighted by molar-refractivity contribution is 4.85. The molecule has 0 aromatic rings. The van der Waals surface area contributed by atoms with Crippen molar-refractivity contribution in [3.63, 3.8) is 0 Å². The Bertz CT molecular complexity index is 185. The normalized spacial score (nSPS) is 38.4. The van der Waals surface area contributed by atoms with Crippen molar-refractivity contribution >= 4 is 0 Å². The third-order valence-corrected chi connectivity index (χ3v) is 4.46. The number of nitrogens with two attached hydrogens (primary N) is 1. The number of hydrogen-bond acceptors (Lipinski definition) is 2. The SMILES string of the molecule is CC1CCCN1C1CCC(CCN)CC1. The van der Waals surface area contributed by atoms with Crippen molar-refractivity contribution in [3.05, 3.63) is 0 Å². The zero-order chi connectivity index (χ0) is 10.7. The first kappa shape index (κ1) is 11.4. The molecule has 2 heteroatoms. The average Bonchev–Trinajstić information content (AvgIpc) is 2.66. The van der Waals surface area contributed by atoms with Crippen molar-refractivity contribution in [1.29, 1.82) is 0 Å². The topological polar surface area (TPSA) is 29.3 Å². The zero-order valence-electron chi connectivity index (χ0n) is 10.1. The van der Waals surface area contributed by atoms with E-state index in [1.807, 2.05) is 0 Å². The van der Waals surface area contributed by atoms with Gasteiger partial charge in [-0.1, -0.05) is 0 Å². The van der Waals surface area contributed by atoms with E-state index in [4.69, 9.17) is 5.73 Å². The molecule has 2 fully saturated rings. The minimum atomic E-state index is 0.848. The van der Waals surface area contributed by atoms with Crippen molar-refractivity contribution in [2.75, 3.05) is 13.1 Å². The summed E-state index contributed by atoms with van der Waals surface area (Å²) in [6.45, 7) is 4.64. The highest BCUT2D eigenvalue weighted by Crippen LogP contribution is 2.32. The Morgan fingerprint density at radius 2 is 1.87 bits per heavy atom. The molecule has 0 radical (unpaired) electrons. The second-order valence-corrected chi connectivity index (χ2v) is 5.48. The van der Waals surface area contributed by atoms with Crippen molar-refractivity contribution < 1.29 is 0 Å². The van der Waals surface area contributed by atoms with Crippen molar-refractivity contribution in [2.24, 2.45) is 11.7 Å². The van der Waals surface area contributed by atoms with Crippen LogP contribution in [0.5, 0.6) is 0 Å². The van der Waals surface area contributed by atoms with Gasteiger partial charge in [-0.05, 0) is 70.9 Å². The molecule has 1 unspecified atom stereocenters. The lowest BCUT2D eigenvalue weighted by molar-refractivity contribution is 0.129. The van der Waals surface area contributed by atoms with Crippen molar-refractivity contribution in [1.82, 2.24) is 4.90 Å². The summed E-state index contributed by atoms with van der Waals surface area (Å²) in [6, 6.07) is 1.75. The van der Waals surface area contributed by atoms with Crippen LogP contribution in [0.2, 0.25) is 0 Å². The summed E-state index contributed by atoms with van der Waals surface area (Å²) in [4.78, 5) is 2.76. The summed E-state index contributed by atoms with van der Waals surface area (Å²) in [5, 5.41) is 0. The van der Waals surface area contributed by atoms with Gasteiger partial charge < -0.3 is 5.73 Å². The quantitative estimate of drug-likeness (QED) is 0.775. The van der Waals surface area contributed by atoms with Gasteiger partial charge in [0.05, 0.1) is 0 Å². The molecular formula is C13H26N2. The lowest BCUT2D eigenvalue weighted by Crippen LogP contribution is -2.40. The number of hydrogen-bond donors (Lipinski definition) is 1. The lowest BCUT2D eigenvalue weighted by atomic mass is 9.83. The van der Waals surface area contributed by atoms with Crippen LogP contribution in [0.25, 0.3) is 0 Å². The second kappa shape index (κ2) is 5.31. The molecule has 1 aliphatic carbocycles. The molecule has 1 saturated carbocycles. The van der Waals surface area contributed by atoms with Gasteiger partial charge in [-0.25, -0.2) is 0 Å². The van der Waals surface area contributed by atoms with E-state index < -0.39 is 0 Å². The van der Waals surface area contributed by atoms with E-state index in [9.17, 15) is 0 Å². The van der Waals surface area contributed by atoms with Crippen LogP contribution in [0.3, 0.4) is 0 Å². The molecule has 2 nitrogen and oxygen atoms in total. The molecule has 1 saturated heterocycles. The molecular weight excluding hydrogens is 184 g/mol. The molecule has 0 aromatic carbocycles. The largest absolute Gasteiger partial charge is 0.330 e. The molecule has 0 spiro atoms. The van der Waals surface area contributed by atoms with E-state index in [0.717, 1.165) is 24.5 Å². The molecule has 1 aliphatic heterocycles. The van der Waals surface area contributed by atoms with Crippen LogP contribution in [-0.2, 0) is 0 Å². The Balaban J connectivity index is 1.77. The molecule has 2 N–H and O–H groups in total. The van der Waals surface area contributed by atoms with Gasteiger partial charge >= 0.3 is 0 Å². The molecule has 0 aromatic heterocycles. The van der Waals surface area contributed by atoms with Crippen LogP contribution in [-0.4, -0.2) is 30.1 Å². The van der Waals surface area contributed by atoms with E-state index in [1.165, 1.54) is 51.5 Å². The number of likely N-dealkylation sites (tertiary alicyclic amines) is 1. The van der Waals surface area contributed by atoms with Crippen LogP contribution in [0, 0.1) is 5.92 Å². The summed E-state index contributed by atoms with van der Waals surface area (Å²) >= 11 is 0. The van der Waals surface area contributed by atoms with Gasteiger partial charge in [0.1, 0.15) is 0 Å². The first-order chi connectivity index (χ1) is 7.31. The highest BCUT2D eigenvalue weighted by atomic mass is 15.2. The van der Waals surface area contributed by atoms with Gasteiger partial charge in [0, 0.05) is 12.1 Å². The molecule has 88 valence electrons. The molecule has 15 heavy (non-hydrogen) atoms. The number of rotatable bonds is 3. The van der Waals surface area contributed by atoms with Gasteiger partial charge in [0.25, 0.3) is 0 Å². The van der Waals surface area contributed by atoms with Crippen LogP contribution in [0.4, 0.5) is 0 Å². The minimum Gasteiger partial charge on any atom is -0.330 e. The summed E-state index contributed by atoms with van der Waals surface area (Å²) < 4.78 is 0. The van der Waals surface area contributed by atoms with Gasteiger partial charge in [-0.2, -0.15) is 0 Å². The Labute approximate surface area is 94.2 Å². The van der Waals surface area contributed by atoms with Crippen LogP contribution in [0.15, 0.2) is 0 Å². The molecule has 2 aliphatic rings. The maximum absolute atomic E-state index is 5.63. The molecule has 0 amide bonds. The number of nitrogens with zero attached hydrogens (tertiary/aromatic N) is 1. The summed E-state index contributed by atoms with van der Waals surface area (Å²) in [6.07, 6.45) is 9.79. The Hall–Kier alpha value is -0.0800. The van der Waals surface area contributed by atoms with Crippen LogP contribution >= 0.6 is 0 Å². The van der Waals surface area contributed by atoms with E-state index >= 15 is 0 Å². The fraction of sp³-hybridized carbons (Fsp3) is 1.00. The molecule has 0 bridgehead atoms. The summed E-state index contributed by atoms with van der Waals surface area (Å²) in [5.41, 5.74) is 5.63. The minimum absolute atomic E-state index is 0.848. The maximum atomic E-state index is 5.63. The third-order valence-electron chi connectivity index (χ3n) is 4.46. The third kappa shape index (κ3) is 2.73. The Morgan fingerprint density at radius 3 is 2.40 bits per heavy atom. The smallest absolute Gasteiger partial charge is 0.00982 e. The highest BCUT2D eigenvalue weighted by Gasteiger charge is 2.30. The van der Waals surface area contributed by atoms with Gasteiger partial charge in [0.15, 0.2) is 0 Å². The monoisotopic (exact) mass is 210 g/mol. The average molecular weight is 210 g/mol. The van der Waals surface area contributed by atoms with Gasteiger partial charge in [0.2, 0.25) is 0 Å². The van der Waals surface area contributed by atoms with Gasteiger partial charge in [-0.15, -0.1) is 0 Å². The molecule has 2 rings (SSSR count). The fourth-order valence-corrected chi connectivity index (χ4v) is 3.50. The van der Waals surface area contributed by atoms with E-state index in [-0.39, 0.29) is 0 Å². The van der Waals surface area contributed by atoms with Crippen LogP contribution in [0.1, 0.15) is 51.9 Å². The summed E-state index contributed by atoms with van der Waals surface area (Å²) in [7, 11) is 0. The first-order valence-electron chi connectivity index (χ1n) is 6.77. The fourth-order valence-electron chi connectivity index (χ4n) is 3.50. The van der Waals surface area contributed by atoms with Crippen LogP contribution < -0.4 is 5.73 Å². The second-order valence-electron chi connectivity index (χ2n) is 5.48. The van der Waals surface area contributed by atoms with E-state index in [0.29, 0.717) is 0 Å². The maximum Gasteiger partial charge on any atom is 0.00982 e. The first-order valence-corrected chi connectivity index (χ1v) is 6.77. The molecule has 1 heterocycles. The van der Waals surface area contributed by atoms with Gasteiger partial charge in [-0.3, -0.25) is 4.90 Å². The van der Waals surface area contributed by atoms with E-state index in [2.05, 4.69) is 11.8 Å². The Kier molecular flexibility index (Phi) is 4.04. The van der Waals surface area contributed by atoms with Crippen molar-refractivity contribution in [2.45, 2.75) is 64.0 Å². The zero-order valence-corrected chi connectivity index (χ0v) is 10.1. The summed E-state index contributed by atoms with van der Waals surface area (Å²) in [5.74, 6) is 0.934. The Morgan fingerprint density at radius 1 is 1.13 bits per heavy atom.